The van der Waals surface area contributed by atoms with Gasteiger partial charge in [-0.15, -0.1) is 0 Å². The zero-order valence-corrected chi connectivity index (χ0v) is 13.6. The van der Waals surface area contributed by atoms with Gasteiger partial charge < -0.3 is 5.73 Å². The number of benzene rings is 1. The number of nitrogens with one attached hydrogen (secondary N) is 1. The fourth-order valence-corrected chi connectivity index (χ4v) is 4.54. The van der Waals surface area contributed by atoms with E-state index in [1.807, 2.05) is 6.92 Å². The van der Waals surface area contributed by atoms with E-state index in [1.54, 1.807) is 0 Å². The fourth-order valence-electron chi connectivity index (χ4n) is 2.53. The van der Waals surface area contributed by atoms with Gasteiger partial charge in [-0.25, -0.2) is 17.5 Å². The third kappa shape index (κ3) is 3.32. The molecule has 1 aliphatic rings. The van der Waals surface area contributed by atoms with E-state index in [4.69, 9.17) is 5.73 Å². The lowest BCUT2D eigenvalue weighted by Crippen LogP contribution is -2.41. The Hall–Kier alpha value is -0.660. The summed E-state index contributed by atoms with van der Waals surface area (Å²) in [5.41, 5.74) is 5.55. The molecule has 1 aliphatic carbocycles. The van der Waals surface area contributed by atoms with Crippen molar-refractivity contribution in [2.24, 2.45) is 5.92 Å². The minimum absolute atomic E-state index is 0.0800. The van der Waals surface area contributed by atoms with E-state index in [9.17, 15) is 12.8 Å². The molecule has 1 aromatic carbocycles. The smallest absolute Gasteiger partial charge is 0.242 e. The molecule has 0 spiro atoms. The highest BCUT2D eigenvalue weighted by molar-refractivity contribution is 9.10. The van der Waals surface area contributed by atoms with Crippen LogP contribution in [0.3, 0.4) is 0 Å². The van der Waals surface area contributed by atoms with Gasteiger partial charge in [-0.05, 0) is 46.8 Å². The van der Waals surface area contributed by atoms with Crippen molar-refractivity contribution >= 4 is 31.6 Å². The van der Waals surface area contributed by atoms with Crippen molar-refractivity contribution in [1.29, 1.82) is 0 Å². The van der Waals surface area contributed by atoms with E-state index < -0.39 is 15.8 Å². The first kappa shape index (κ1) is 15.7. The average molecular weight is 365 g/mol. The first-order chi connectivity index (χ1) is 9.31. The molecule has 0 heterocycles. The van der Waals surface area contributed by atoms with Crippen LogP contribution in [0.4, 0.5) is 10.1 Å². The molecule has 0 saturated heterocycles. The Kier molecular flexibility index (Phi) is 4.71. The van der Waals surface area contributed by atoms with Crippen molar-refractivity contribution in [2.45, 2.75) is 43.5 Å². The zero-order valence-electron chi connectivity index (χ0n) is 11.2. The lowest BCUT2D eigenvalue weighted by Gasteiger charge is -2.29. The minimum atomic E-state index is -3.73. The summed E-state index contributed by atoms with van der Waals surface area (Å²) >= 11 is 2.99. The van der Waals surface area contributed by atoms with Gasteiger partial charge in [-0.2, -0.15) is 0 Å². The molecule has 1 fully saturated rings. The maximum atomic E-state index is 13.3. The Morgan fingerprint density at radius 3 is 2.65 bits per heavy atom. The second-order valence-electron chi connectivity index (χ2n) is 5.29. The predicted octanol–water partition coefficient (Wildman–Crippen LogP) is 3.03. The van der Waals surface area contributed by atoms with Crippen LogP contribution in [-0.2, 0) is 10.0 Å². The third-order valence-electron chi connectivity index (χ3n) is 3.76. The maximum Gasteiger partial charge on any atom is 0.242 e. The number of nitrogen functional groups attached to an aromatic ring is 1. The van der Waals surface area contributed by atoms with E-state index in [-0.39, 0.29) is 21.1 Å². The standard InChI is InChI=1S/C13H18BrFN2O2S/c1-8-4-2-3-5-12(8)17-20(18,19)13-6-9(14)10(15)7-11(13)16/h6-8,12,17H,2-5,16H2,1H3. The summed E-state index contributed by atoms with van der Waals surface area (Å²) in [6.45, 7) is 2.04. The molecule has 4 nitrogen and oxygen atoms in total. The van der Waals surface area contributed by atoms with Crippen molar-refractivity contribution < 1.29 is 12.8 Å². The van der Waals surface area contributed by atoms with Crippen LogP contribution in [0.15, 0.2) is 21.5 Å². The van der Waals surface area contributed by atoms with E-state index >= 15 is 0 Å². The number of anilines is 1. The predicted molar refractivity (Wildman–Crippen MR) is 80.3 cm³/mol. The second-order valence-corrected chi connectivity index (χ2v) is 7.83. The van der Waals surface area contributed by atoms with Crippen molar-refractivity contribution in [3.05, 3.63) is 22.4 Å². The van der Waals surface area contributed by atoms with Crippen LogP contribution in [0.25, 0.3) is 0 Å². The molecule has 0 amide bonds. The molecule has 112 valence electrons. The highest BCUT2D eigenvalue weighted by Gasteiger charge is 2.28. The Morgan fingerprint density at radius 1 is 1.35 bits per heavy atom. The Morgan fingerprint density at radius 2 is 2.00 bits per heavy atom. The average Bonchev–Trinajstić information content (AvgIpc) is 2.36. The van der Waals surface area contributed by atoms with Crippen LogP contribution in [0.5, 0.6) is 0 Å². The molecule has 2 unspecified atom stereocenters. The lowest BCUT2D eigenvalue weighted by molar-refractivity contribution is 0.310. The van der Waals surface area contributed by atoms with Crippen molar-refractivity contribution in [2.75, 3.05) is 5.73 Å². The summed E-state index contributed by atoms with van der Waals surface area (Å²) in [5, 5.41) is 0. The molecule has 2 atom stereocenters. The number of halogens is 2. The molecule has 0 radical (unpaired) electrons. The number of sulfonamides is 1. The van der Waals surface area contributed by atoms with Gasteiger partial charge in [0.05, 0.1) is 10.2 Å². The molecule has 0 aromatic heterocycles. The van der Waals surface area contributed by atoms with Crippen LogP contribution in [0.2, 0.25) is 0 Å². The number of hydrogen-bond donors (Lipinski definition) is 2. The number of nitrogens with two attached hydrogens (primary N) is 1. The fraction of sp³-hybridized carbons (Fsp3) is 0.538. The lowest BCUT2D eigenvalue weighted by atomic mass is 9.87. The summed E-state index contributed by atoms with van der Waals surface area (Å²) in [7, 11) is -3.73. The highest BCUT2D eigenvalue weighted by atomic mass is 79.9. The summed E-state index contributed by atoms with van der Waals surface area (Å²) in [5.74, 6) is -0.281. The van der Waals surface area contributed by atoms with Gasteiger partial charge in [0, 0.05) is 6.04 Å². The van der Waals surface area contributed by atoms with Gasteiger partial charge >= 0.3 is 0 Å². The van der Waals surface area contributed by atoms with Gasteiger partial charge in [0.25, 0.3) is 0 Å². The SMILES string of the molecule is CC1CCCCC1NS(=O)(=O)c1cc(Br)c(F)cc1N. The van der Waals surface area contributed by atoms with Gasteiger partial charge in [0.2, 0.25) is 10.0 Å². The van der Waals surface area contributed by atoms with Gasteiger partial charge in [-0.1, -0.05) is 19.8 Å². The summed E-state index contributed by atoms with van der Waals surface area (Å²) < 4.78 is 40.9. The van der Waals surface area contributed by atoms with E-state index in [0.29, 0.717) is 5.92 Å². The van der Waals surface area contributed by atoms with E-state index in [2.05, 4.69) is 20.7 Å². The molecular formula is C13H18BrFN2O2S. The van der Waals surface area contributed by atoms with Gasteiger partial charge in [0.1, 0.15) is 10.7 Å². The molecule has 1 aromatic rings. The van der Waals surface area contributed by atoms with Crippen LogP contribution in [0, 0.1) is 11.7 Å². The van der Waals surface area contributed by atoms with E-state index in [1.165, 1.54) is 6.07 Å². The van der Waals surface area contributed by atoms with Crippen molar-refractivity contribution in [3.63, 3.8) is 0 Å². The second kappa shape index (κ2) is 5.99. The normalized spacial score (nSPS) is 23.8. The van der Waals surface area contributed by atoms with Crippen molar-refractivity contribution in [1.82, 2.24) is 4.72 Å². The molecule has 3 N–H and O–H groups in total. The minimum Gasteiger partial charge on any atom is -0.398 e. The Labute approximate surface area is 127 Å². The summed E-state index contributed by atoms with van der Waals surface area (Å²) in [4.78, 5) is -0.0800. The number of rotatable bonds is 3. The topological polar surface area (TPSA) is 72.2 Å². The zero-order chi connectivity index (χ0) is 14.9. The van der Waals surface area contributed by atoms with Crippen LogP contribution in [0.1, 0.15) is 32.6 Å². The molecular weight excluding hydrogens is 347 g/mol. The third-order valence-corrected chi connectivity index (χ3v) is 5.91. The molecule has 1 saturated carbocycles. The maximum absolute atomic E-state index is 13.3. The first-order valence-corrected chi connectivity index (χ1v) is 8.85. The summed E-state index contributed by atoms with van der Waals surface area (Å²) in [6, 6.07) is 2.14. The summed E-state index contributed by atoms with van der Waals surface area (Å²) in [6.07, 6.45) is 3.97. The monoisotopic (exact) mass is 364 g/mol. The Balaban J connectivity index is 2.28. The number of hydrogen-bond acceptors (Lipinski definition) is 3. The molecule has 0 aliphatic heterocycles. The molecule has 20 heavy (non-hydrogen) atoms. The van der Waals surface area contributed by atoms with E-state index in [0.717, 1.165) is 31.7 Å². The van der Waals surface area contributed by atoms with Crippen LogP contribution >= 0.6 is 15.9 Å². The molecule has 2 rings (SSSR count). The van der Waals surface area contributed by atoms with Gasteiger partial charge in [-0.3, -0.25) is 0 Å². The van der Waals surface area contributed by atoms with Crippen molar-refractivity contribution in [3.8, 4) is 0 Å². The first-order valence-electron chi connectivity index (χ1n) is 6.58. The largest absolute Gasteiger partial charge is 0.398 e. The van der Waals surface area contributed by atoms with Crippen LogP contribution in [-0.4, -0.2) is 14.5 Å². The Bertz CT molecular complexity index is 607. The van der Waals surface area contributed by atoms with Gasteiger partial charge in [0.15, 0.2) is 0 Å². The highest BCUT2D eigenvalue weighted by Crippen LogP contribution is 2.29. The molecule has 0 bridgehead atoms. The van der Waals surface area contributed by atoms with Crippen LogP contribution < -0.4 is 10.5 Å². The molecule has 7 heteroatoms. The quantitative estimate of drug-likeness (QED) is 0.809.